The molecule has 3 aromatic rings. The minimum atomic E-state index is -0.390. The Balaban J connectivity index is 1.52. The maximum Gasteiger partial charge on any atom is 0.256 e. The molecule has 2 heterocycles. The lowest BCUT2D eigenvalue weighted by molar-refractivity contribution is 0.102. The van der Waals surface area contributed by atoms with Crippen molar-refractivity contribution >= 4 is 34.9 Å². The largest absolute Gasteiger partial charge is 0.366 e. The van der Waals surface area contributed by atoms with Crippen LogP contribution in [0.3, 0.4) is 0 Å². The molecule has 2 aromatic carbocycles. The molecular weight excluding hydrogens is 443 g/mol. The fraction of sp³-hybridized carbons (Fsp3) is 0.259. The Morgan fingerprint density at radius 1 is 1.11 bits per heavy atom. The van der Waals surface area contributed by atoms with Gasteiger partial charge in [-0.15, -0.1) is 0 Å². The van der Waals surface area contributed by atoms with Gasteiger partial charge in [0.25, 0.3) is 5.91 Å². The first kappa shape index (κ1) is 24.2. The van der Waals surface area contributed by atoms with Crippen LogP contribution in [-0.4, -0.2) is 54.4 Å². The number of fused-ring (bicyclic) bond motifs is 1. The van der Waals surface area contributed by atoms with Crippen molar-refractivity contribution in [2.24, 2.45) is 9.98 Å². The quantitative estimate of drug-likeness (QED) is 0.492. The van der Waals surface area contributed by atoms with Gasteiger partial charge in [0.15, 0.2) is 0 Å². The van der Waals surface area contributed by atoms with Crippen molar-refractivity contribution in [2.75, 3.05) is 25.5 Å². The molecule has 0 aliphatic carbocycles. The SMILES string of the molecule is C=N/C=C(\N=C(C)c1ccc2cnc(NC(=O)c3ccc(F)cc3)cc2c1)NC1CCN(C)CC1. The molecule has 2 N–H and O–H groups in total. The van der Waals surface area contributed by atoms with Crippen molar-refractivity contribution in [1.82, 2.24) is 15.2 Å². The Hall–Kier alpha value is -3.91. The number of nitrogens with zero attached hydrogens (tertiary/aromatic N) is 4. The highest BCUT2D eigenvalue weighted by Crippen LogP contribution is 2.20. The van der Waals surface area contributed by atoms with Crippen LogP contribution in [0, 0.1) is 5.82 Å². The van der Waals surface area contributed by atoms with Crippen molar-refractivity contribution in [3.8, 4) is 0 Å². The minimum Gasteiger partial charge on any atom is -0.366 e. The third kappa shape index (κ3) is 6.36. The summed E-state index contributed by atoms with van der Waals surface area (Å²) in [4.78, 5) is 27.8. The van der Waals surface area contributed by atoms with Crippen LogP contribution in [0.2, 0.25) is 0 Å². The molecule has 1 aliphatic heterocycles. The van der Waals surface area contributed by atoms with Gasteiger partial charge in [0.05, 0.1) is 6.20 Å². The van der Waals surface area contributed by atoms with Crippen molar-refractivity contribution in [2.45, 2.75) is 25.8 Å². The second-order valence-electron chi connectivity index (χ2n) is 8.71. The summed E-state index contributed by atoms with van der Waals surface area (Å²) in [6.07, 6.45) is 5.46. The van der Waals surface area contributed by atoms with E-state index < -0.39 is 5.82 Å². The summed E-state index contributed by atoms with van der Waals surface area (Å²) in [5, 5.41) is 8.12. The van der Waals surface area contributed by atoms with Crippen LogP contribution in [0.25, 0.3) is 10.8 Å². The van der Waals surface area contributed by atoms with Gasteiger partial charge in [0.1, 0.15) is 17.5 Å². The normalized spacial score (nSPS) is 15.7. The number of aliphatic imine (C=N–C) groups is 2. The summed E-state index contributed by atoms with van der Waals surface area (Å²) in [6.45, 7) is 7.63. The molecule has 4 rings (SSSR count). The number of likely N-dealkylation sites (tertiary alicyclic amines) is 1. The van der Waals surface area contributed by atoms with Crippen LogP contribution >= 0.6 is 0 Å². The van der Waals surface area contributed by atoms with Gasteiger partial charge in [-0.3, -0.25) is 9.79 Å². The second-order valence-corrected chi connectivity index (χ2v) is 8.71. The number of rotatable bonds is 7. The molecule has 0 spiro atoms. The predicted octanol–water partition coefficient (Wildman–Crippen LogP) is 4.62. The summed E-state index contributed by atoms with van der Waals surface area (Å²) in [5.41, 5.74) is 2.13. The summed E-state index contributed by atoms with van der Waals surface area (Å²) < 4.78 is 13.1. The molecule has 1 fully saturated rings. The zero-order chi connectivity index (χ0) is 24.8. The van der Waals surface area contributed by atoms with Crippen molar-refractivity contribution < 1.29 is 9.18 Å². The Bertz CT molecular complexity index is 1280. The fourth-order valence-electron chi connectivity index (χ4n) is 4.02. The first-order chi connectivity index (χ1) is 16.9. The summed E-state index contributed by atoms with van der Waals surface area (Å²) >= 11 is 0. The number of anilines is 1. The van der Waals surface area contributed by atoms with E-state index in [0.29, 0.717) is 23.2 Å². The maximum absolute atomic E-state index is 13.1. The number of nitrogens with one attached hydrogen (secondary N) is 2. The van der Waals surface area contributed by atoms with Crippen LogP contribution in [0.1, 0.15) is 35.7 Å². The van der Waals surface area contributed by atoms with Crippen LogP contribution in [-0.2, 0) is 0 Å². The van der Waals surface area contributed by atoms with Crippen molar-refractivity contribution in [3.05, 3.63) is 83.7 Å². The van der Waals surface area contributed by atoms with Gasteiger partial charge in [0, 0.05) is 28.9 Å². The van der Waals surface area contributed by atoms with Crippen LogP contribution in [0.4, 0.5) is 10.2 Å². The Morgan fingerprint density at radius 3 is 2.54 bits per heavy atom. The Morgan fingerprint density at radius 2 is 1.83 bits per heavy atom. The lowest BCUT2D eigenvalue weighted by Gasteiger charge is -2.30. The highest BCUT2D eigenvalue weighted by Gasteiger charge is 2.17. The third-order valence-corrected chi connectivity index (χ3v) is 6.06. The van der Waals surface area contributed by atoms with Gasteiger partial charge in [-0.25, -0.2) is 14.4 Å². The van der Waals surface area contributed by atoms with Gasteiger partial charge < -0.3 is 15.5 Å². The van der Waals surface area contributed by atoms with Crippen molar-refractivity contribution in [3.63, 3.8) is 0 Å². The fourth-order valence-corrected chi connectivity index (χ4v) is 4.02. The van der Waals surface area contributed by atoms with Gasteiger partial charge in [-0.05, 0) is 94.0 Å². The van der Waals surface area contributed by atoms with Crippen LogP contribution in [0.5, 0.6) is 0 Å². The molecule has 1 aliphatic rings. The Kier molecular flexibility index (Phi) is 7.62. The molecule has 180 valence electrons. The zero-order valence-corrected chi connectivity index (χ0v) is 20.0. The number of amides is 1. The maximum atomic E-state index is 13.1. The van der Waals surface area contributed by atoms with E-state index in [4.69, 9.17) is 4.99 Å². The standard InChI is InChI=1S/C27H29FN6O/c1-18(31-26(17-29-2)32-24-10-12-34(3)13-11-24)20-4-5-21-16-30-25(15-22(21)14-20)33-27(35)19-6-8-23(28)9-7-19/h4-9,14-17,24,32H,2,10-13H2,1,3H3,(H,30,33,35)/b26-17+,31-18?. The minimum absolute atomic E-state index is 0.350. The summed E-state index contributed by atoms with van der Waals surface area (Å²) in [5.74, 6) is 0.365. The average Bonchev–Trinajstić information content (AvgIpc) is 2.85. The number of aromatic nitrogens is 1. The van der Waals surface area contributed by atoms with Gasteiger partial charge >= 0.3 is 0 Å². The van der Waals surface area contributed by atoms with Crippen LogP contribution in [0.15, 0.2) is 76.7 Å². The number of halogens is 1. The lowest BCUT2D eigenvalue weighted by atomic mass is 10.1. The van der Waals surface area contributed by atoms with Gasteiger partial charge in [-0.2, -0.15) is 0 Å². The summed E-state index contributed by atoms with van der Waals surface area (Å²) in [7, 11) is 2.13. The smallest absolute Gasteiger partial charge is 0.256 e. The molecule has 0 saturated carbocycles. The molecular formula is C27H29FN6O. The monoisotopic (exact) mass is 472 g/mol. The first-order valence-electron chi connectivity index (χ1n) is 11.5. The number of carbonyl (C=O) groups is 1. The molecule has 1 amide bonds. The van der Waals surface area contributed by atoms with Crippen LogP contribution < -0.4 is 10.6 Å². The molecule has 0 unspecified atom stereocenters. The topological polar surface area (TPSA) is 82.0 Å². The molecule has 0 bridgehead atoms. The first-order valence-corrected chi connectivity index (χ1v) is 11.5. The van der Waals surface area contributed by atoms with E-state index in [-0.39, 0.29) is 5.91 Å². The Labute approximate surface area is 204 Å². The number of hydrogen-bond donors (Lipinski definition) is 2. The van der Waals surface area contributed by atoms with E-state index in [0.717, 1.165) is 48.0 Å². The number of pyridine rings is 1. The zero-order valence-electron chi connectivity index (χ0n) is 20.0. The molecule has 7 nitrogen and oxygen atoms in total. The number of benzene rings is 2. The highest BCUT2D eigenvalue weighted by molar-refractivity contribution is 6.05. The molecule has 0 radical (unpaired) electrons. The lowest BCUT2D eigenvalue weighted by Crippen LogP contribution is -2.40. The van der Waals surface area contributed by atoms with Gasteiger partial charge in [0.2, 0.25) is 0 Å². The number of carbonyl (C=O) groups excluding carboxylic acids is 1. The van der Waals surface area contributed by atoms with E-state index in [9.17, 15) is 9.18 Å². The van der Waals surface area contributed by atoms with E-state index in [1.165, 1.54) is 24.3 Å². The average molecular weight is 473 g/mol. The van der Waals surface area contributed by atoms with E-state index in [2.05, 4.69) is 39.3 Å². The third-order valence-electron chi connectivity index (χ3n) is 6.06. The molecule has 35 heavy (non-hydrogen) atoms. The van der Waals surface area contributed by atoms with E-state index >= 15 is 0 Å². The summed E-state index contributed by atoms with van der Waals surface area (Å²) in [6, 6.07) is 13.5. The predicted molar refractivity (Wildman–Crippen MR) is 140 cm³/mol. The molecule has 1 aromatic heterocycles. The number of piperidine rings is 1. The van der Waals surface area contributed by atoms with Crippen molar-refractivity contribution in [1.29, 1.82) is 0 Å². The van der Waals surface area contributed by atoms with E-state index in [1.807, 2.05) is 31.2 Å². The molecule has 0 atom stereocenters. The van der Waals surface area contributed by atoms with E-state index in [1.54, 1.807) is 12.4 Å². The molecule has 1 saturated heterocycles. The van der Waals surface area contributed by atoms with Gasteiger partial charge in [-0.1, -0.05) is 12.1 Å². The number of hydrogen-bond acceptors (Lipinski definition) is 6. The molecule has 8 heteroatoms. The second kappa shape index (κ2) is 11.0. The highest BCUT2D eigenvalue weighted by atomic mass is 19.1.